The third kappa shape index (κ3) is 3.72. The van der Waals surface area contributed by atoms with E-state index >= 15 is 0 Å². The molecule has 1 unspecified atom stereocenters. The highest BCUT2D eigenvalue weighted by atomic mass is 16.5. The van der Waals surface area contributed by atoms with Crippen molar-refractivity contribution in [2.75, 3.05) is 12.3 Å². The number of benzene rings is 1. The molecule has 0 amide bonds. The van der Waals surface area contributed by atoms with Crippen molar-refractivity contribution < 1.29 is 24.8 Å². The summed E-state index contributed by atoms with van der Waals surface area (Å²) in [6.07, 6.45) is -4.59. The van der Waals surface area contributed by atoms with Crippen molar-refractivity contribution in [2.24, 2.45) is 0 Å². The molecule has 0 saturated carbocycles. The first kappa shape index (κ1) is 17.6. The van der Waals surface area contributed by atoms with Crippen LogP contribution in [0.25, 0.3) is 0 Å². The van der Waals surface area contributed by atoms with Gasteiger partial charge in [0.2, 0.25) is 5.88 Å². The zero-order chi connectivity index (χ0) is 18.0. The van der Waals surface area contributed by atoms with Crippen molar-refractivity contribution >= 4 is 5.82 Å². The number of hydrogen-bond acceptors (Lipinski definition) is 8. The molecule has 134 valence electrons. The van der Waals surface area contributed by atoms with Gasteiger partial charge in [-0.3, -0.25) is 0 Å². The first-order valence-corrected chi connectivity index (χ1v) is 7.94. The lowest BCUT2D eigenvalue weighted by molar-refractivity contribution is -0.0534. The summed E-state index contributed by atoms with van der Waals surface area (Å²) in [5.74, 6) is 0.253. The van der Waals surface area contributed by atoms with Crippen molar-refractivity contribution in [3.8, 4) is 5.88 Å². The van der Waals surface area contributed by atoms with E-state index in [0.717, 1.165) is 5.56 Å². The van der Waals surface area contributed by atoms with Crippen molar-refractivity contribution in [2.45, 2.75) is 37.9 Å². The fraction of sp³-hybridized carbons (Fsp3) is 0.412. The Bertz CT molecular complexity index is 728. The standard InChI is InChI=1S/C17H21N3O5/c1-9-17(25-7-10-5-3-2-4-6-10)20-16(18)12(19-9)14(23)15-13(22)11(21)8-24-15/h2-6,11,13-15,21-23H,7-8H2,1H3,(H2,18,20)/t11-,13-,14?,15-/m0/s1. The van der Waals surface area contributed by atoms with Gasteiger partial charge in [-0.05, 0) is 12.5 Å². The van der Waals surface area contributed by atoms with Gasteiger partial charge in [0.1, 0.15) is 36.7 Å². The van der Waals surface area contributed by atoms with Crippen molar-refractivity contribution in [3.63, 3.8) is 0 Å². The molecule has 8 nitrogen and oxygen atoms in total. The van der Waals surface area contributed by atoms with Crippen molar-refractivity contribution in [3.05, 3.63) is 47.3 Å². The lowest BCUT2D eigenvalue weighted by Crippen LogP contribution is -2.35. The lowest BCUT2D eigenvalue weighted by atomic mass is 10.0. The van der Waals surface area contributed by atoms with E-state index in [9.17, 15) is 15.3 Å². The maximum atomic E-state index is 10.4. The zero-order valence-electron chi connectivity index (χ0n) is 13.7. The van der Waals surface area contributed by atoms with Gasteiger partial charge in [0.15, 0.2) is 5.82 Å². The van der Waals surface area contributed by atoms with Crippen LogP contribution >= 0.6 is 0 Å². The molecule has 1 fully saturated rings. The molecular weight excluding hydrogens is 326 g/mol. The van der Waals surface area contributed by atoms with Crippen LogP contribution in [-0.4, -0.2) is 50.2 Å². The highest BCUT2D eigenvalue weighted by Gasteiger charge is 2.41. The Balaban J connectivity index is 1.76. The van der Waals surface area contributed by atoms with E-state index in [2.05, 4.69) is 9.97 Å². The van der Waals surface area contributed by atoms with Crippen LogP contribution in [0.3, 0.4) is 0 Å². The summed E-state index contributed by atoms with van der Waals surface area (Å²) in [5, 5.41) is 29.8. The largest absolute Gasteiger partial charge is 0.471 e. The minimum absolute atomic E-state index is 0.0154. The predicted octanol–water partition coefficient (Wildman–Crippen LogP) is 0.100. The average molecular weight is 347 g/mol. The molecule has 0 bridgehead atoms. The Morgan fingerprint density at radius 3 is 2.64 bits per heavy atom. The van der Waals surface area contributed by atoms with Crippen molar-refractivity contribution in [1.82, 2.24) is 9.97 Å². The Labute approximate surface area is 144 Å². The Morgan fingerprint density at radius 2 is 2.00 bits per heavy atom. The van der Waals surface area contributed by atoms with E-state index in [-0.39, 0.29) is 24.0 Å². The zero-order valence-corrected chi connectivity index (χ0v) is 13.7. The minimum atomic E-state index is -1.30. The molecule has 3 rings (SSSR count). The van der Waals surface area contributed by atoms with Gasteiger partial charge in [-0.15, -0.1) is 0 Å². The van der Waals surface area contributed by atoms with E-state index < -0.39 is 24.4 Å². The maximum Gasteiger partial charge on any atom is 0.237 e. The van der Waals surface area contributed by atoms with E-state index in [1.165, 1.54) is 0 Å². The Kier molecular flexibility index (Phi) is 5.14. The predicted molar refractivity (Wildman–Crippen MR) is 88.7 cm³/mol. The first-order chi connectivity index (χ1) is 12.0. The third-order valence-electron chi connectivity index (χ3n) is 4.08. The van der Waals surface area contributed by atoms with Crippen LogP contribution in [0.4, 0.5) is 5.82 Å². The number of aromatic nitrogens is 2. The summed E-state index contributed by atoms with van der Waals surface area (Å²) in [7, 11) is 0. The van der Waals surface area contributed by atoms with Gasteiger partial charge in [-0.1, -0.05) is 30.3 Å². The number of aliphatic hydroxyl groups is 3. The molecule has 2 aromatic rings. The summed E-state index contributed by atoms with van der Waals surface area (Å²) in [6, 6.07) is 9.58. The molecule has 1 aliphatic heterocycles. The normalized spacial score (nSPS) is 24.2. The SMILES string of the molecule is Cc1nc(C(O)[C@H]2OC[C@H](O)[C@@H]2O)c(N)nc1OCc1ccccc1. The van der Waals surface area contributed by atoms with Crippen LogP contribution in [0.5, 0.6) is 5.88 Å². The molecule has 1 aliphatic rings. The summed E-state index contributed by atoms with van der Waals surface area (Å²) >= 11 is 0. The topological polar surface area (TPSA) is 131 Å². The van der Waals surface area contributed by atoms with Gasteiger partial charge >= 0.3 is 0 Å². The van der Waals surface area contributed by atoms with Gasteiger partial charge in [0.05, 0.1) is 12.3 Å². The van der Waals surface area contributed by atoms with Gasteiger partial charge in [0.25, 0.3) is 0 Å². The molecule has 0 aliphatic carbocycles. The second-order valence-electron chi connectivity index (χ2n) is 5.96. The number of ether oxygens (including phenoxy) is 2. The summed E-state index contributed by atoms with van der Waals surface area (Å²) < 4.78 is 10.9. The first-order valence-electron chi connectivity index (χ1n) is 7.94. The highest BCUT2D eigenvalue weighted by Crippen LogP contribution is 2.30. The number of nitrogen functional groups attached to an aromatic ring is 1. The second-order valence-corrected chi connectivity index (χ2v) is 5.96. The Hall–Kier alpha value is -2.26. The third-order valence-corrected chi connectivity index (χ3v) is 4.08. The molecule has 0 radical (unpaired) electrons. The number of anilines is 1. The van der Waals surface area contributed by atoms with E-state index in [1.807, 2.05) is 30.3 Å². The van der Waals surface area contributed by atoms with E-state index in [0.29, 0.717) is 12.3 Å². The number of aryl methyl sites for hydroxylation is 1. The molecular formula is C17H21N3O5. The van der Waals surface area contributed by atoms with Gasteiger partial charge in [-0.25, -0.2) is 4.98 Å². The van der Waals surface area contributed by atoms with Gasteiger partial charge in [0, 0.05) is 0 Å². The molecule has 1 saturated heterocycles. The smallest absolute Gasteiger partial charge is 0.237 e. The maximum absolute atomic E-state index is 10.4. The monoisotopic (exact) mass is 347 g/mol. The van der Waals surface area contributed by atoms with Crippen LogP contribution in [0, 0.1) is 6.92 Å². The molecule has 1 aromatic heterocycles. The highest BCUT2D eigenvalue weighted by molar-refractivity contribution is 5.41. The van der Waals surface area contributed by atoms with Gasteiger partial charge < -0.3 is 30.5 Å². The molecule has 0 spiro atoms. The number of nitrogens with two attached hydrogens (primary N) is 1. The fourth-order valence-corrected chi connectivity index (χ4v) is 2.67. The molecule has 8 heteroatoms. The number of hydrogen-bond donors (Lipinski definition) is 4. The molecule has 4 atom stereocenters. The average Bonchev–Trinajstić information content (AvgIpc) is 2.95. The number of aliphatic hydroxyl groups excluding tert-OH is 3. The number of rotatable bonds is 5. The van der Waals surface area contributed by atoms with Crippen LogP contribution in [0.15, 0.2) is 30.3 Å². The van der Waals surface area contributed by atoms with E-state index in [4.69, 9.17) is 15.2 Å². The van der Waals surface area contributed by atoms with Crippen LogP contribution in [0.1, 0.15) is 23.1 Å². The lowest BCUT2D eigenvalue weighted by Gasteiger charge is -2.22. The Morgan fingerprint density at radius 1 is 1.28 bits per heavy atom. The summed E-state index contributed by atoms with van der Waals surface area (Å²) in [6.45, 7) is 1.94. The fourth-order valence-electron chi connectivity index (χ4n) is 2.67. The summed E-state index contributed by atoms with van der Waals surface area (Å²) in [5.41, 5.74) is 7.41. The van der Waals surface area contributed by atoms with Crippen LogP contribution < -0.4 is 10.5 Å². The molecule has 5 N–H and O–H groups in total. The van der Waals surface area contributed by atoms with Crippen molar-refractivity contribution in [1.29, 1.82) is 0 Å². The molecule has 25 heavy (non-hydrogen) atoms. The van der Waals surface area contributed by atoms with Gasteiger partial charge in [-0.2, -0.15) is 4.98 Å². The second kappa shape index (κ2) is 7.32. The molecule has 1 aromatic carbocycles. The minimum Gasteiger partial charge on any atom is -0.471 e. The van der Waals surface area contributed by atoms with Crippen LogP contribution in [0.2, 0.25) is 0 Å². The number of nitrogens with zero attached hydrogens (tertiary/aromatic N) is 2. The quantitative estimate of drug-likeness (QED) is 0.599. The van der Waals surface area contributed by atoms with E-state index in [1.54, 1.807) is 6.92 Å². The molecule has 2 heterocycles. The van der Waals surface area contributed by atoms with Crippen LogP contribution in [-0.2, 0) is 11.3 Å². The summed E-state index contributed by atoms with van der Waals surface area (Å²) in [4.78, 5) is 8.41.